The number of nitrogens with zero attached hydrogens (tertiary/aromatic N) is 1. The summed E-state index contributed by atoms with van der Waals surface area (Å²) >= 11 is 0. The van der Waals surface area contributed by atoms with Gasteiger partial charge in [0.25, 0.3) is 0 Å². The van der Waals surface area contributed by atoms with Crippen molar-refractivity contribution in [3.63, 3.8) is 0 Å². The number of aliphatic imine (C=N–C) groups is 1. The molecule has 0 bridgehead atoms. The molecule has 0 unspecified atom stereocenters. The zero-order valence-corrected chi connectivity index (χ0v) is 6.96. The molecule has 0 aromatic rings. The second-order valence-corrected chi connectivity index (χ2v) is 2.43. The van der Waals surface area contributed by atoms with Gasteiger partial charge in [-0.3, -0.25) is 4.99 Å². The molecule has 0 fully saturated rings. The van der Waals surface area contributed by atoms with Crippen molar-refractivity contribution in [2.24, 2.45) is 10.9 Å². The summed E-state index contributed by atoms with van der Waals surface area (Å²) in [7, 11) is 0. The third-order valence-electron chi connectivity index (χ3n) is 1.23. The minimum Gasteiger partial charge on any atom is -0.269 e. The maximum atomic E-state index is 3.88. The molecule has 0 atom stereocenters. The summed E-state index contributed by atoms with van der Waals surface area (Å²) in [5.41, 5.74) is 1.04. The molecule has 10 heavy (non-hydrogen) atoms. The van der Waals surface area contributed by atoms with E-state index in [0.717, 1.165) is 5.70 Å². The van der Waals surface area contributed by atoms with E-state index in [1.54, 1.807) is 0 Å². The Morgan fingerprint density at radius 2 is 2.10 bits per heavy atom. The van der Waals surface area contributed by atoms with E-state index in [1.165, 1.54) is 0 Å². The lowest BCUT2D eigenvalue weighted by molar-refractivity contribution is 0.760. The standard InChI is InChI=1S/C9H15N/c1-5-6-7-9(10-4)8(2)3/h5-8H,4H2,1-3H3. The molecule has 0 aromatic carbocycles. The highest BCUT2D eigenvalue weighted by molar-refractivity contribution is 5.30. The van der Waals surface area contributed by atoms with Gasteiger partial charge in [-0.1, -0.05) is 26.0 Å². The first-order chi connectivity index (χ1) is 4.72. The maximum Gasteiger partial charge on any atom is 0.0421 e. The minimum atomic E-state index is 0.466. The van der Waals surface area contributed by atoms with E-state index in [1.807, 2.05) is 25.2 Å². The molecule has 0 saturated heterocycles. The molecular formula is C9H15N. The molecule has 0 aromatic heterocycles. The van der Waals surface area contributed by atoms with Crippen molar-refractivity contribution in [2.75, 3.05) is 0 Å². The number of allylic oxidation sites excluding steroid dienone is 4. The van der Waals surface area contributed by atoms with Gasteiger partial charge in [-0.2, -0.15) is 0 Å². The van der Waals surface area contributed by atoms with Crippen LogP contribution in [0, 0.1) is 5.92 Å². The van der Waals surface area contributed by atoms with Crippen LogP contribution in [0.2, 0.25) is 0 Å². The van der Waals surface area contributed by atoms with Crippen molar-refractivity contribution in [3.8, 4) is 0 Å². The van der Waals surface area contributed by atoms with E-state index in [-0.39, 0.29) is 0 Å². The van der Waals surface area contributed by atoms with Gasteiger partial charge in [0.1, 0.15) is 0 Å². The van der Waals surface area contributed by atoms with Crippen LogP contribution in [0.4, 0.5) is 0 Å². The van der Waals surface area contributed by atoms with Crippen LogP contribution >= 0.6 is 0 Å². The van der Waals surface area contributed by atoms with Gasteiger partial charge < -0.3 is 0 Å². The van der Waals surface area contributed by atoms with Crippen LogP contribution in [-0.2, 0) is 0 Å². The van der Waals surface area contributed by atoms with Crippen molar-refractivity contribution in [2.45, 2.75) is 20.8 Å². The molecular weight excluding hydrogens is 122 g/mol. The van der Waals surface area contributed by atoms with Crippen LogP contribution in [0.3, 0.4) is 0 Å². The van der Waals surface area contributed by atoms with E-state index < -0.39 is 0 Å². The third kappa shape index (κ3) is 3.23. The molecule has 0 aliphatic rings. The lowest BCUT2D eigenvalue weighted by Gasteiger charge is -2.01. The summed E-state index contributed by atoms with van der Waals surface area (Å²) in [6.07, 6.45) is 5.94. The molecule has 1 nitrogen and oxygen atoms in total. The zero-order valence-electron chi connectivity index (χ0n) is 6.96. The van der Waals surface area contributed by atoms with Crippen molar-refractivity contribution >= 4 is 6.72 Å². The fourth-order valence-corrected chi connectivity index (χ4v) is 0.623. The van der Waals surface area contributed by atoms with Gasteiger partial charge in [-0.05, 0) is 25.6 Å². The van der Waals surface area contributed by atoms with Gasteiger partial charge in [-0.25, -0.2) is 0 Å². The molecule has 0 heterocycles. The van der Waals surface area contributed by atoms with Crippen LogP contribution in [0.1, 0.15) is 20.8 Å². The Labute approximate surface area is 63.2 Å². The smallest absolute Gasteiger partial charge is 0.0421 e. The van der Waals surface area contributed by atoms with E-state index in [4.69, 9.17) is 0 Å². The molecule has 0 radical (unpaired) electrons. The van der Waals surface area contributed by atoms with E-state index in [0.29, 0.717) is 5.92 Å². The van der Waals surface area contributed by atoms with Gasteiger partial charge in [-0.15, -0.1) is 0 Å². The van der Waals surface area contributed by atoms with Crippen molar-refractivity contribution in [1.82, 2.24) is 0 Å². The molecule has 1 heteroatoms. The Balaban J connectivity index is 4.18. The Morgan fingerprint density at radius 1 is 1.50 bits per heavy atom. The first kappa shape index (κ1) is 9.15. The van der Waals surface area contributed by atoms with Crippen molar-refractivity contribution in [1.29, 1.82) is 0 Å². The Bertz CT molecular complexity index is 152. The Morgan fingerprint density at radius 3 is 2.40 bits per heavy atom. The highest BCUT2D eigenvalue weighted by Gasteiger charge is 1.95. The van der Waals surface area contributed by atoms with Crippen LogP contribution in [0.25, 0.3) is 0 Å². The van der Waals surface area contributed by atoms with E-state index in [2.05, 4.69) is 25.6 Å². The average molecular weight is 137 g/mol. The molecule has 0 amide bonds. The summed E-state index contributed by atoms with van der Waals surface area (Å²) in [6, 6.07) is 0. The molecule has 0 saturated carbocycles. The van der Waals surface area contributed by atoms with Gasteiger partial charge in [0, 0.05) is 5.70 Å². The van der Waals surface area contributed by atoms with E-state index in [9.17, 15) is 0 Å². The highest BCUT2D eigenvalue weighted by Crippen LogP contribution is 2.09. The van der Waals surface area contributed by atoms with Gasteiger partial charge in [0.15, 0.2) is 0 Å². The summed E-state index contributed by atoms with van der Waals surface area (Å²) in [5, 5.41) is 0. The predicted octanol–water partition coefficient (Wildman–Crippen LogP) is 2.80. The molecule has 0 aliphatic heterocycles. The summed E-state index contributed by atoms with van der Waals surface area (Å²) in [6.45, 7) is 9.67. The van der Waals surface area contributed by atoms with Crippen LogP contribution in [0.15, 0.2) is 28.9 Å². The van der Waals surface area contributed by atoms with Crippen LogP contribution in [0.5, 0.6) is 0 Å². The highest BCUT2D eigenvalue weighted by atomic mass is 14.7. The Kier molecular flexibility index (Phi) is 4.55. The third-order valence-corrected chi connectivity index (χ3v) is 1.23. The van der Waals surface area contributed by atoms with Crippen molar-refractivity contribution < 1.29 is 0 Å². The number of rotatable bonds is 3. The lowest BCUT2D eigenvalue weighted by atomic mass is 10.1. The minimum absolute atomic E-state index is 0.466. The van der Waals surface area contributed by atoms with Gasteiger partial charge >= 0.3 is 0 Å². The van der Waals surface area contributed by atoms with Gasteiger partial charge in [0.2, 0.25) is 0 Å². The first-order valence-corrected chi connectivity index (χ1v) is 3.52. The van der Waals surface area contributed by atoms with Gasteiger partial charge in [0.05, 0.1) is 0 Å². The largest absolute Gasteiger partial charge is 0.269 e. The second kappa shape index (κ2) is 4.98. The topological polar surface area (TPSA) is 12.4 Å². The summed E-state index contributed by atoms with van der Waals surface area (Å²) in [5.74, 6) is 0.466. The number of hydrogen-bond donors (Lipinski definition) is 0. The number of hydrogen-bond acceptors (Lipinski definition) is 1. The Hall–Kier alpha value is -0.850. The van der Waals surface area contributed by atoms with E-state index >= 15 is 0 Å². The molecule has 0 aliphatic carbocycles. The predicted molar refractivity (Wildman–Crippen MR) is 47.3 cm³/mol. The fraction of sp³-hybridized carbons (Fsp3) is 0.444. The van der Waals surface area contributed by atoms with Crippen molar-refractivity contribution in [3.05, 3.63) is 23.9 Å². The molecule has 0 N–H and O–H groups in total. The molecule has 0 rings (SSSR count). The second-order valence-electron chi connectivity index (χ2n) is 2.43. The monoisotopic (exact) mass is 137 g/mol. The summed E-state index contributed by atoms with van der Waals surface area (Å²) in [4.78, 5) is 3.88. The fourth-order valence-electron chi connectivity index (χ4n) is 0.623. The quantitative estimate of drug-likeness (QED) is 0.419. The molecule has 0 spiro atoms. The first-order valence-electron chi connectivity index (χ1n) is 3.52. The average Bonchev–Trinajstić information content (AvgIpc) is 1.89. The van der Waals surface area contributed by atoms with Crippen LogP contribution < -0.4 is 0 Å². The lowest BCUT2D eigenvalue weighted by Crippen LogP contribution is -1.88. The normalized spacial score (nSPS) is 13.0. The summed E-state index contributed by atoms with van der Waals surface area (Å²) < 4.78 is 0. The van der Waals surface area contributed by atoms with Crippen LogP contribution in [-0.4, -0.2) is 6.72 Å². The SMILES string of the molecule is C=NC(=CC=CC)C(C)C. The zero-order chi connectivity index (χ0) is 7.98. The molecule has 56 valence electrons. The maximum absolute atomic E-state index is 3.88.